The smallest absolute Gasteiger partial charge is 0.254 e. The average Bonchev–Trinajstić information content (AvgIpc) is 3.04. The Morgan fingerprint density at radius 1 is 1.17 bits per heavy atom. The van der Waals surface area contributed by atoms with Crippen molar-refractivity contribution in [3.8, 4) is 11.5 Å². The maximum absolute atomic E-state index is 12.9. The molecule has 132 valence electrons. The molecule has 0 bridgehead atoms. The topological polar surface area (TPSA) is 59.1 Å². The predicted octanol–water partition coefficient (Wildman–Crippen LogP) is 2.18. The Balaban J connectivity index is 2.25. The van der Waals surface area contributed by atoms with Crippen molar-refractivity contribution in [2.45, 2.75) is 32.7 Å². The molecule has 24 heavy (non-hydrogen) atoms. The molecule has 0 N–H and O–H groups in total. The first-order valence-corrected chi connectivity index (χ1v) is 8.41. The van der Waals surface area contributed by atoms with Gasteiger partial charge in [0, 0.05) is 26.2 Å². The predicted molar refractivity (Wildman–Crippen MR) is 91.5 cm³/mol. The van der Waals surface area contributed by atoms with Crippen LogP contribution < -0.4 is 9.47 Å². The summed E-state index contributed by atoms with van der Waals surface area (Å²) in [5.41, 5.74) is 0.514. The van der Waals surface area contributed by atoms with Crippen LogP contribution in [0.5, 0.6) is 11.5 Å². The second kappa shape index (κ2) is 8.04. The summed E-state index contributed by atoms with van der Waals surface area (Å²) in [5.74, 6) is 1.01. The third kappa shape index (κ3) is 3.80. The van der Waals surface area contributed by atoms with Gasteiger partial charge in [0.15, 0.2) is 11.5 Å². The number of hydrogen-bond acceptors (Lipinski definition) is 4. The quantitative estimate of drug-likeness (QED) is 0.800. The maximum atomic E-state index is 12.9. The van der Waals surface area contributed by atoms with Crippen molar-refractivity contribution in [1.82, 2.24) is 9.80 Å². The minimum Gasteiger partial charge on any atom is -0.490 e. The lowest BCUT2D eigenvalue weighted by Gasteiger charge is -2.26. The number of carbonyl (C=O) groups excluding carboxylic acids is 2. The monoisotopic (exact) mass is 334 g/mol. The zero-order chi connectivity index (χ0) is 17.7. The van der Waals surface area contributed by atoms with Crippen LogP contribution in [0.3, 0.4) is 0 Å². The van der Waals surface area contributed by atoms with E-state index < -0.39 is 0 Å². The number of carbonyl (C=O) groups is 2. The number of rotatable bonds is 6. The highest BCUT2D eigenvalue weighted by Gasteiger charge is 2.35. The minimum atomic E-state index is -0.380. The molecule has 6 heteroatoms. The first-order chi connectivity index (χ1) is 11.5. The second-order valence-corrected chi connectivity index (χ2v) is 5.92. The molecule has 1 aromatic rings. The Kier molecular flexibility index (Phi) is 6.06. The highest BCUT2D eigenvalue weighted by Crippen LogP contribution is 2.30. The van der Waals surface area contributed by atoms with Crippen LogP contribution in [0.4, 0.5) is 0 Å². The van der Waals surface area contributed by atoms with Gasteiger partial charge in [-0.3, -0.25) is 9.59 Å². The minimum absolute atomic E-state index is 0.0307. The van der Waals surface area contributed by atoms with Crippen molar-refractivity contribution in [2.75, 3.05) is 33.9 Å². The molecule has 1 fully saturated rings. The molecule has 1 aromatic carbocycles. The van der Waals surface area contributed by atoms with Crippen molar-refractivity contribution in [3.63, 3.8) is 0 Å². The molecule has 0 aliphatic carbocycles. The second-order valence-electron chi connectivity index (χ2n) is 5.92. The van der Waals surface area contributed by atoms with Gasteiger partial charge in [-0.1, -0.05) is 0 Å². The zero-order valence-electron chi connectivity index (χ0n) is 14.9. The molecule has 1 heterocycles. The fourth-order valence-electron chi connectivity index (χ4n) is 2.91. The van der Waals surface area contributed by atoms with Gasteiger partial charge in [0.2, 0.25) is 5.91 Å². The molecule has 1 aliphatic rings. The molecule has 1 saturated heterocycles. The number of likely N-dealkylation sites (N-methyl/N-ethyl adjacent to an activating group) is 1. The van der Waals surface area contributed by atoms with Crippen LogP contribution in [-0.4, -0.2) is 61.5 Å². The normalized spacial score (nSPS) is 16.8. The Bertz CT molecular complexity index is 601. The summed E-state index contributed by atoms with van der Waals surface area (Å²) in [4.78, 5) is 28.4. The van der Waals surface area contributed by atoms with Gasteiger partial charge in [-0.05, 0) is 44.9 Å². The van der Waals surface area contributed by atoms with Crippen molar-refractivity contribution in [2.24, 2.45) is 0 Å². The molecular weight excluding hydrogens is 308 g/mol. The average molecular weight is 334 g/mol. The first-order valence-electron chi connectivity index (χ1n) is 8.41. The largest absolute Gasteiger partial charge is 0.490 e. The van der Waals surface area contributed by atoms with Crippen LogP contribution in [-0.2, 0) is 4.79 Å². The number of hydrogen-bond donors (Lipinski definition) is 0. The zero-order valence-corrected chi connectivity index (χ0v) is 14.9. The van der Waals surface area contributed by atoms with E-state index in [0.717, 1.165) is 6.42 Å². The van der Waals surface area contributed by atoms with E-state index in [9.17, 15) is 9.59 Å². The van der Waals surface area contributed by atoms with E-state index in [1.807, 2.05) is 13.8 Å². The first kappa shape index (κ1) is 18.1. The fourth-order valence-corrected chi connectivity index (χ4v) is 2.91. The standard InChI is InChI=1S/C18H26N2O4/c1-5-23-15-10-9-13(12-16(15)24-6-2)17(21)20-11-7-8-14(20)18(22)19(3)4/h9-10,12,14H,5-8,11H2,1-4H3. The van der Waals surface area contributed by atoms with Crippen LogP contribution in [0.15, 0.2) is 18.2 Å². The Labute approximate surface area is 143 Å². The summed E-state index contributed by atoms with van der Waals surface area (Å²) in [6.07, 6.45) is 1.55. The molecule has 6 nitrogen and oxygen atoms in total. The van der Waals surface area contributed by atoms with Crippen LogP contribution >= 0.6 is 0 Å². The lowest BCUT2D eigenvalue weighted by Crippen LogP contribution is -2.45. The van der Waals surface area contributed by atoms with Gasteiger partial charge < -0.3 is 19.3 Å². The Morgan fingerprint density at radius 3 is 2.46 bits per heavy atom. The van der Waals surface area contributed by atoms with Crippen LogP contribution in [0.2, 0.25) is 0 Å². The van der Waals surface area contributed by atoms with Gasteiger partial charge in [-0.2, -0.15) is 0 Å². The van der Waals surface area contributed by atoms with E-state index in [1.165, 1.54) is 0 Å². The summed E-state index contributed by atoms with van der Waals surface area (Å²) in [7, 11) is 3.43. The number of amides is 2. The molecule has 1 aliphatic heterocycles. The van der Waals surface area contributed by atoms with Crippen LogP contribution in [0.1, 0.15) is 37.0 Å². The van der Waals surface area contributed by atoms with E-state index >= 15 is 0 Å². The van der Waals surface area contributed by atoms with E-state index in [2.05, 4.69) is 0 Å². The summed E-state index contributed by atoms with van der Waals surface area (Å²) in [5, 5.41) is 0. The van der Waals surface area contributed by atoms with Crippen molar-refractivity contribution in [3.05, 3.63) is 23.8 Å². The summed E-state index contributed by atoms with van der Waals surface area (Å²) in [6.45, 7) is 5.40. The lowest BCUT2D eigenvalue weighted by atomic mass is 10.1. The summed E-state index contributed by atoms with van der Waals surface area (Å²) >= 11 is 0. The third-order valence-corrected chi connectivity index (χ3v) is 4.03. The highest BCUT2D eigenvalue weighted by atomic mass is 16.5. The van der Waals surface area contributed by atoms with Gasteiger partial charge in [0.25, 0.3) is 5.91 Å². The summed E-state index contributed by atoms with van der Waals surface area (Å²) < 4.78 is 11.1. The highest BCUT2D eigenvalue weighted by molar-refractivity contribution is 5.98. The lowest BCUT2D eigenvalue weighted by molar-refractivity contribution is -0.132. The number of ether oxygens (including phenoxy) is 2. The summed E-state index contributed by atoms with van der Waals surface area (Å²) in [6, 6.07) is 4.80. The molecular formula is C18H26N2O4. The molecule has 0 radical (unpaired) electrons. The van der Waals surface area contributed by atoms with E-state index in [1.54, 1.807) is 42.1 Å². The van der Waals surface area contributed by atoms with Crippen LogP contribution in [0, 0.1) is 0 Å². The molecule has 2 amide bonds. The Hall–Kier alpha value is -2.24. The number of benzene rings is 1. The molecule has 0 spiro atoms. The van der Waals surface area contributed by atoms with Gasteiger partial charge >= 0.3 is 0 Å². The van der Waals surface area contributed by atoms with Crippen LogP contribution in [0.25, 0.3) is 0 Å². The fraction of sp³-hybridized carbons (Fsp3) is 0.556. The van der Waals surface area contributed by atoms with E-state index in [0.29, 0.717) is 43.2 Å². The molecule has 0 aromatic heterocycles. The van der Waals surface area contributed by atoms with E-state index in [4.69, 9.17) is 9.47 Å². The van der Waals surface area contributed by atoms with Gasteiger partial charge in [0.05, 0.1) is 13.2 Å². The molecule has 0 saturated carbocycles. The van der Waals surface area contributed by atoms with E-state index in [-0.39, 0.29) is 17.9 Å². The number of nitrogens with zero attached hydrogens (tertiary/aromatic N) is 2. The van der Waals surface area contributed by atoms with Gasteiger partial charge in [0.1, 0.15) is 6.04 Å². The van der Waals surface area contributed by atoms with Gasteiger partial charge in [-0.15, -0.1) is 0 Å². The third-order valence-electron chi connectivity index (χ3n) is 4.03. The number of likely N-dealkylation sites (tertiary alicyclic amines) is 1. The molecule has 1 atom stereocenters. The van der Waals surface area contributed by atoms with Crippen molar-refractivity contribution in [1.29, 1.82) is 0 Å². The Morgan fingerprint density at radius 2 is 1.83 bits per heavy atom. The SMILES string of the molecule is CCOc1ccc(C(=O)N2CCCC2C(=O)N(C)C)cc1OCC. The molecule has 2 rings (SSSR count). The van der Waals surface area contributed by atoms with Gasteiger partial charge in [-0.25, -0.2) is 0 Å². The van der Waals surface area contributed by atoms with Crippen molar-refractivity contribution >= 4 is 11.8 Å². The van der Waals surface area contributed by atoms with Crippen molar-refractivity contribution < 1.29 is 19.1 Å². The maximum Gasteiger partial charge on any atom is 0.254 e. The molecule has 1 unspecified atom stereocenters.